The summed E-state index contributed by atoms with van der Waals surface area (Å²) in [4.78, 5) is 11.4. The molecule has 3 N–H and O–H groups in total. The van der Waals surface area contributed by atoms with Crippen molar-refractivity contribution < 1.29 is 9.90 Å². The van der Waals surface area contributed by atoms with Crippen molar-refractivity contribution in [3.63, 3.8) is 0 Å². The number of nitrogen functional groups attached to an aromatic ring is 1. The summed E-state index contributed by atoms with van der Waals surface area (Å²) in [6, 6.07) is 14.5. The molecule has 0 radical (unpaired) electrons. The number of aliphatic carboxylic acids is 1. The molecule has 0 saturated carbocycles. The van der Waals surface area contributed by atoms with Crippen molar-refractivity contribution in [1.29, 1.82) is 0 Å². The van der Waals surface area contributed by atoms with Crippen LogP contribution in [0.5, 0.6) is 0 Å². The van der Waals surface area contributed by atoms with E-state index in [-0.39, 0.29) is 5.57 Å². The molecule has 0 amide bonds. The lowest BCUT2D eigenvalue weighted by Crippen LogP contribution is -2.00. The van der Waals surface area contributed by atoms with Gasteiger partial charge < -0.3 is 10.8 Å². The standard InChI is InChI=1S/C16H15NO2/c1-11-2-4-12(5-3-11)10-15(16(18)19)13-6-8-14(17)9-7-13/h2-10H,17H2,1H3,(H,18,19)/b15-10-. The summed E-state index contributed by atoms with van der Waals surface area (Å²) < 4.78 is 0. The highest BCUT2D eigenvalue weighted by Crippen LogP contribution is 2.20. The van der Waals surface area contributed by atoms with E-state index in [0.717, 1.165) is 11.1 Å². The van der Waals surface area contributed by atoms with E-state index in [9.17, 15) is 9.90 Å². The first kappa shape index (κ1) is 12.9. The van der Waals surface area contributed by atoms with Gasteiger partial charge in [0.2, 0.25) is 0 Å². The monoisotopic (exact) mass is 253 g/mol. The van der Waals surface area contributed by atoms with Gasteiger partial charge in [0.15, 0.2) is 0 Å². The second-order valence-corrected chi connectivity index (χ2v) is 4.40. The zero-order valence-electron chi connectivity index (χ0n) is 10.6. The van der Waals surface area contributed by atoms with Gasteiger partial charge >= 0.3 is 5.97 Å². The largest absolute Gasteiger partial charge is 0.478 e. The number of anilines is 1. The fourth-order valence-corrected chi connectivity index (χ4v) is 1.76. The fourth-order valence-electron chi connectivity index (χ4n) is 1.76. The molecule has 0 heterocycles. The number of carboxylic acids is 1. The van der Waals surface area contributed by atoms with E-state index in [0.29, 0.717) is 11.3 Å². The lowest BCUT2D eigenvalue weighted by molar-refractivity contribution is -0.130. The molecule has 0 atom stereocenters. The summed E-state index contributed by atoms with van der Waals surface area (Å²) in [6.45, 7) is 1.99. The minimum absolute atomic E-state index is 0.254. The first-order valence-electron chi connectivity index (χ1n) is 5.94. The van der Waals surface area contributed by atoms with Gasteiger partial charge in [0.25, 0.3) is 0 Å². The summed E-state index contributed by atoms with van der Waals surface area (Å²) in [5.41, 5.74) is 9.12. The van der Waals surface area contributed by atoms with Gasteiger partial charge in [-0.2, -0.15) is 0 Å². The highest BCUT2D eigenvalue weighted by Gasteiger charge is 2.10. The zero-order chi connectivity index (χ0) is 13.8. The van der Waals surface area contributed by atoms with Crippen molar-refractivity contribution in [2.45, 2.75) is 6.92 Å². The number of carbonyl (C=O) groups is 1. The Kier molecular flexibility index (Phi) is 3.66. The predicted octanol–water partition coefficient (Wildman–Crippen LogP) is 3.20. The minimum atomic E-state index is -0.953. The molecule has 19 heavy (non-hydrogen) atoms. The average molecular weight is 253 g/mol. The van der Waals surface area contributed by atoms with Gasteiger partial charge in [-0.05, 0) is 36.3 Å². The van der Waals surface area contributed by atoms with Crippen LogP contribution >= 0.6 is 0 Å². The second-order valence-electron chi connectivity index (χ2n) is 4.40. The third kappa shape index (κ3) is 3.22. The van der Waals surface area contributed by atoms with Crippen LogP contribution in [0.25, 0.3) is 11.6 Å². The maximum Gasteiger partial charge on any atom is 0.336 e. The molecule has 2 aromatic rings. The zero-order valence-corrected chi connectivity index (χ0v) is 10.6. The van der Waals surface area contributed by atoms with Crippen LogP contribution in [0.2, 0.25) is 0 Å². The first-order chi connectivity index (χ1) is 9.06. The fraction of sp³-hybridized carbons (Fsp3) is 0.0625. The number of nitrogens with two attached hydrogens (primary N) is 1. The van der Waals surface area contributed by atoms with E-state index >= 15 is 0 Å². The lowest BCUT2D eigenvalue weighted by atomic mass is 10.0. The summed E-state index contributed by atoms with van der Waals surface area (Å²) in [5, 5.41) is 9.31. The molecule has 2 aromatic carbocycles. The lowest BCUT2D eigenvalue weighted by Gasteiger charge is -2.04. The molecule has 0 fully saturated rings. The molecule has 3 heteroatoms. The normalized spacial score (nSPS) is 11.3. The van der Waals surface area contributed by atoms with Gasteiger partial charge in [0.1, 0.15) is 0 Å². The van der Waals surface area contributed by atoms with Gasteiger partial charge in [0.05, 0.1) is 5.57 Å². The number of aryl methyl sites for hydroxylation is 1. The van der Waals surface area contributed by atoms with Crippen molar-refractivity contribution in [3.05, 3.63) is 65.2 Å². The topological polar surface area (TPSA) is 63.3 Å². The molecular formula is C16H15NO2. The molecule has 0 aliphatic heterocycles. The highest BCUT2D eigenvalue weighted by molar-refractivity contribution is 6.20. The maximum atomic E-state index is 11.4. The van der Waals surface area contributed by atoms with Crippen LogP contribution in [0.4, 0.5) is 5.69 Å². The summed E-state index contributed by atoms with van der Waals surface area (Å²) in [6.07, 6.45) is 1.66. The van der Waals surface area contributed by atoms with Gasteiger partial charge in [0, 0.05) is 5.69 Å². The van der Waals surface area contributed by atoms with Gasteiger partial charge in [-0.15, -0.1) is 0 Å². The summed E-state index contributed by atoms with van der Waals surface area (Å²) in [5.74, 6) is -0.953. The van der Waals surface area contributed by atoms with E-state index in [4.69, 9.17) is 5.73 Å². The number of rotatable bonds is 3. The summed E-state index contributed by atoms with van der Waals surface area (Å²) >= 11 is 0. The van der Waals surface area contributed by atoms with E-state index in [1.165, 1.54) is 0 Å². The smallest absolute Gasteiger partial charge is 0.336 e. The molecular weight excluding hydrogens is 238 g/mol. The Morgan fingerprint density at radius 2 is 1.63 bits per heavy atom. The van der Waals surface area contributed by atoms with Crippen molar-refractivity contribution in [3.8, 4) is 0 Å². The van der Waals surface area contributed by atoms with Crippen LogP contribution in [0.3, 0.4) is 0 Å². The SMILES string of the molecule is Cc1ccc(/C=C(\C(=O)O)c2ccc(N)cc2)cc1. The van der Waals surface area contributed by atoms with Crippen LogP contribution in [0.15, 0.2) is 48.5 Å². The molecule has 0 aromatic heterocycles. The Balaban J connectivity index is 2.43. The van der Waals surface area contributed by atoms with Crippen LogP contribution in [0, 0.1) is 6.92 Å². The Morgan fingerprint density at radius 3 is 2.16 bits per heavy atom. The third-order valence-electron chi connectivity index (χ3n) is 2.84. The van der Waals surface area contributed by atoms with Gasteiger partial charge in [-0.3, -0.25) is 0 Å². The number of benzene rings is 2. The Labute approximate surface area is 112 Å². The first-order valence-corrected chi connectivity index (χ1v) is 5.94. The van der Waals surface area contributed by atoms with Crippen LogP contribution < -0.4 is 5.73 Å². The van der Waals surface area contributed by atoms with Crippen molar-refractivity contribution in [2.75, 3.05) is 5.73 Å². The average Bonchev–Trinajstić information content (AvgIpc) is 2.39. The van der Waals surface area contributed by atoms with E-state index < -0.39 is 5.97 Å². The van der Waals surface area contributed by atoms with E-state index in [1.807, 2.05) is 31.2 Å². The molecule has 0 aliphatic carbocycles. The van der Waals surface area contributed by atoms with Gasteiger partial charge in [-0.1, -0.05) is 42.0 Å². The number of hydrogen-bond donors (Lipinski definition) is 2. The molecule has 96 valence electrons. The van der Waals surface area contributed by atoms with E-state index in [2.05, 4.69) is 0 Å². The molecule has 0 unspecified atom stereocenters. The van der Waals surface area contributed by atoms with Gasteiger partial charge in [-0.25, -0.2) is 4.79 Å². The van der Waals surface area contributed by atoms with Crippen molar-refractivity contribution in [2.24, 2.45) is 0 Å². The maximum absolute atomic E-state index is 11.4. The predicted molar refractivity (Wildman–Crippen MR) is 77.5 cm³/mol. The third-order valence-corrected chi connectivity index (χ3v) is 2.84. The molecule has 2 rings (SSSR count). The molecule has 0 bridgehead atoms. The highest BCUT2D eigenvalue weighted by atomic mass is 16.4. The van der Waals surface area contributed by atoms with Crippen LogP contribution in [-0.2, 0) is 4.79 Å². The van der Waals surface area contributed by atoms with Crippen molar-refractivity contribution >= 4 is 23.3 Å². The van der Waals surface area contributed by atoms with Crippen molar-refractivity contribution in [1.82, 2.24) is 0 Å². The van der Waals surface area contributed by atoms with Crippen LogP contribution in [0.1, 0.15) is 16.7 Å². The minimum Gasteiger partial charge on any atom is -0.478 e. The quantitative estimate of drug-likeness (QED) is 0.501. The Morgan fingerprint density at radius 1 is 1.05 bits per heavy atom. The summed E-state index contributed by atoms with van der Waals surface area (Å²) in [7, 11) is 0. The molecule has 0 aliphatic rings. The second kappa shape index (κ2) is 5.40. The number of carboxylic acid groups (broad SMARTS) is 1. The molecule has 3 nitrogen and oxygen atoms in total. The molecule has 0 saturated heterocycles. The Hall–Kier alpha value is -2.55. The van der Waals surface area contributed by atoms with E-state index in [1.54, 1.807) is 30.3 Å². The number of hydrogen-bond acceptors (Lipinski definition) is 2. The Bertz CT molecular complexity index is 610. The van der Waals surface area contributed by atoms with Crippen LogP contribution in [-0.4, -0.2) is 11.1 Å². The molecule has 0 spiro atoms.